The van der Waals surface area contributed by atoms with Gasteiger partial charge in [-0.1, -0.05) is 36.0 Å². The van der Waals surface area contributed by atoms with Crippen LogP contribution in [0.2, 0.25) is 10.0 Å². The summed E-state index contributed by atoms with van der Waals surface area (Å²) in [6.07, 6.45) is 7.30. The fraction of sp³-hybridized carbons (Fsp3) is 0.476. The van der Waals surface area contributed by atoms with Gasteiger partial charge in [0.25, 0.3) is 0 Å². The van der Waals surface area contributed by atoms with Gasteiger partial charge in [0.1, 0.15) is 10.8 Å². The highest BCUT2D eigenvalue weighted by molar-refractivity contribution is 6.44. The Balaban J connectivity index is 1.60. The van der Waals surface area contributed by atoms with Crippen molar-refractivity contribution >= 4 is 46.5 Å². The zero-order valence-electron chi connectivity index (χ0n) is 15.6. The summed E-state index contributed by atoms with van der Waals surface area (Å²) >= 11 is 13.0. The van der Waals surface area contributed by atoms with Gasteiger partial charge >= 0.3 is 11.9 Å². The average Bonchev–Trinajstić information content (AvgIpc) is 3.42. The molecule has 29 heavy (non-hydrogen) atoms. The predicted molar refractivity (Wildman–Crippen MR) is 106 cm³/mol. The average molecular weight is 439 g/mol. The van der Waals surface area contributed by atoms with E-state index in [0.717, 1.165) is 36.0 Å². The number of hydrogen-bond donors (Lipinski definition) is 1. The SMILES string of the molecule is O=C(O)COC(=O)COc1cc2c(c(Cl)c1Cl)C1=CC(=O)CCC1(CC1CC1)C2. The number of rotatable bonds is 7. The molecule has 6 nitrogen and oxygen atoms in total. The number of benzene rings is 1. The van der Waals surface area contributed by atoms with Crippen LogP contribution in [0, 0.1) is 11.3 Å². The van der Waals surface area contributed by atoms with E-state index in [0.29, 0.717) is 17.4 Å². The van der Waals surface area contributed by atoms with Crippen LogP contribution in [0.15, 0.2) is 12.1 Å². The summed E-state index contributed by atoms with van der Waals surface area (Å²) in [7, 11) is 0. The minimum atomic E-state index is -1.25. The molecule has 0 aliphatic heterocycles. The maximum Gasteiger partial charge on any atom is 0.344 e. The van der Waals surface area contributed by atoms with E-state index in [4.69, 9.17) is 33.0 Å². The van der Waals surface area contributed by atoms with E-state index >= 15 is 0 Å². The second-order valence-electron chi connectivity index (χ2n) is 8.01. The zero-order chi connectivity index (χ0) is 20.8. The van der Waals surface area contributed by atoms with Gasteiger partial charge in [-0.25, -0.2) is 9.59 Å². The molecule has 1 N–H and O–H groups in total. The molecule has 1 fully saturated rings. The molecule has 0 spiro atoms. The molecule has 1 aromatic rings. The third kappa shape index (κ3) is 4.01. The first-order valence-electron chi connectivity index (χ1n) is 9.55. The number of ketones is 1. The van der Waals surface area contributed by atoms with Gasteiger partial charge in [-0.3, -0.25) is 4.79 Å². The van der Waals surface area contributed by atoms with E-state index in [-0.39, 0.29) is 22.0 Å². The molecule has 1 unspecified atom stereocenters. The van der Waals surface area contributed by atoms with Crippen molar-refractivity contribution in [1.29, 1.82) is 0 Å². The van der Waals surface area contributed by atoms with E-state index in [9.17, 15) is 14.4 Å². The molecule has 0 amide bonds. The Morgan fingerprint density at radius 1 is 1.21 bits per heavy atom. The zero-order valence-corrected chi connectivity index (χ0v) is 17.1. The fourth-order valence-electron chi connectivity index (χ4n) is 4.44. The summed E-state index contributed by atoms with van der Waals surface area (Å²) in [5.41, 5.74) is 2.65. The number of halogens is 2. The van der Waals surface area contributed by atoms with Gasteiger partial charge in [0, 0.05) is 17.4 Å². The van der Waals surface area contributed by atoms with Crippen molar-refractivity contribution in [3.05, 3.63) is 33.3 Å². The third-order valence-electron chi connectivity index (χ3n) is 5.86. The minimum Gasteiger partial charge on any atom is -0.480 e. The summed E-state index contributed by atoms with van der Waals surface area (Å²) in [6, 6.07) is 1.77. The van der Waals surface area contributed by atoms with Gasteiger partial charge in [-0.2, -0.15) is 0 Å². The molecule has 0 aromatic heterocycles. The van der Waals surface area contributed by atoms with Gasteiger partial charge in [0.15, 0.2) is 19.0 Å². The van der Waals surface area contributed by atoms with Crippen molar-refractivity contribution in [2.75, 3.05) is 13.2 Å². The van der Waals surface area contributed by atoms with Crippen molar-refractivity contribution in [3.63, 3.8) is 0 Å². The highest BCUT2D eigenvalue weighted by atomic mass is 35.5. The summed E-state index contributed by atoms with van der Waals surface area (Å²) < 4.78 is 10.0. The molecule has 1 atom stereocenters. The summed E-state index contributed by atoms with van der Waals surface area (Å²) in [6.45, 7) is -1.21. The van der Waals surface area contributed by atoms with Crippen LogP contribution in [0.5, 0.6) is 5.75 Å². The Kier molecular flexibility index (Phi) is 5.34. The predicted octanol–water partition coefficient (Wildman–Crippen LogP) is 4.09. The highest BCUT2D eigenvalue weighted by Gasteiger charge is 2.48. The molecule has 0 bridgehead atoms. The molecule has 1 saturated carbocycles. The Morgan fingerprint density at radius 2 is 1.97 bits per heavy atom. The van der Waals surface area contributed by atoms with Crippen LogP contribution < -0.4 is 4.74 Å². The van der Waals surface area contributed by atoms with E-state index in [1.54, 1.807) is 12.1 Å². The molecule has 0 saturated heterocycles. The first-order chi connectivity index (χ1) is 13.8. The maximum atomic E-state index is 12.1. The van der Waals surface area contributed by atoms with Crippen LogP contribution in [0.3, 0.4) is 0 Å². The normalized spacial score (nSPS) is 22.6. The highest BCUT2D eigenvalue weighted by Crippen LogP contribution is 2.60. The quantitative estimate of drug-likeness (QED) is 0.644. The van der Waals surface area contributed by atoms with E-state index in [2.05, 4.69) is 4.74 Å². The van der Waals surface area contributed by atoms with Crippen LogP contribution in [0.1, 0.15) is 43.2 Å². The number of aliphatic carboxylic acids is 1. The topological polar surface area (TPSA) is 89.9 Å². The van der Waals surface area contributed by atoms with Crippen LogP contribution in [0.4, 0.5) is 0 Å². The van der Waals surface area contributed by atoms with Crippen LogP contribution in [0.25, 0.3) is 5.57 Å². The molecular formula is C21H20Cl2O6. The van der Waals surface area contributed by atoms with Gasteiger partial charge < -0.3 is 14.6 Å². The number of carboxylic acid groups (broad SMARTS) is 1. The lowest BCUT2D eigenvalue weighted by Gasteiger charge is -2.34. The van der Waals surface area contributed by atoms with E-state index in [1.807, 2.05) is 0 Å². The summed E-state index contributed by atoms with van der Waals surface area (Å²) in [5, 5.41) is 9.04. The number of carboxylic acids is 1. The lowest BCUT2D eigenvalue weighted by Crippen LogP contribution is -2.26. The molecule has 3 aliphatic rings. The molecule has 0 radical (unpaired) electrons. The van der Waals surface area contributed by atoms with Crippen molar-refractivity contribution in [1.82, 2.24) is 0 Å². The molecule has 154 valence electrons. The summed E-state index contributed by atoms with van der Waals surface area (Å²) in [4.78, 5) is 34.3. The number of fused-ring (bicyclic) bond motifs is 3. The van der Waals surface area contributed by atoms with Gasteiger partial charge in [-0.05, 0) is 48.5 Å². The Labute approximate surface area is 177 Å². The second kappa shape index (κ2) is 7.65. The molecule has 4 rings (SSSR count). The number of esters is 1. The van der Waals surface area contributed by atoms with Crippen LogP contribution >= 0.6 is 23.2 Å². The van der Waals surface area contributed by atoms with Crippen molar-refractivity contribution in [2.24, 2.45) is 11.3 Å². The lowest BCUT2D eigenvalue weighted by molar-refractivity contribution is -0.156. The Morgan fingerprint density at radius 3 is 2.66 bits per heavy atom. The number of carbonyl (C=O) groups is 3. The first-order valence-corrected chi connectivity index (χ1v) is 10.3. The molecule has 1 aromatic carbocycles. The standard InChI is InChI=1S/C21H20Cl2O6/c22-19-15(28-10-17(27)29-9-16(25)26)5-12-8-21(7-11-1-2-11)4-3-13(24)6-14(21)18(12)20(19)23/h5-6,11H,1-4,7-10H2,(H,25,26). The maximum absolute atomic E-state index is 12.1. The van der Waals surface area contributed by atoms with Crippen LogP contribution in [-0.4, -0.2) is 36.0 Å². The number of ether oxygens (including phenoxy) is 2. The number of carbonyl (C=O) groups excluding carboxylic acids is 2. The van der Waals surface area contributed by atoms with E-state index < -0.39 is 25.2 Å². The van der Waals surface area contributed by atoms with Crippen LogP contribution in [-0.2, 0) is 25.5 Å². The number of hydrogen-bond acceptors (Lipinski definition) is 5. The first kappa shape index (κ1) is 20.2. The van der Waals surface area contributed by atoms with Crippen molar-refractivity contribution < 1.29 is 29.0 Å². The third-order valence-corrected chi connectivity index (χ3v) is 6.71. The molecular weight excluding hydrogens is 419 g/mol. The van der Waals surface area contributed by atoms with Crippen molar-refractivity contribution in [2.45, 2.75) is 38.5 Å². The second-order valence-corrected chi connectivity index (χ2v) is 8.76. The minimum absolute atomic E-state index is 0.0938. The Bertz CT molecular complexity index is 934. The monoisotopic (exact) mass is 438 g/mol. The largest absolute Gasteiger partial charge is 0.480 e. The molecule has 3 aliphatic carbocycles. The van der Waals surface area contributed by atoms with E-state index in [1.165, 1.54) is 12.8 Å². The van der Waals surface area contributed by atoms with Crippen molar-refractivity contribution in [3.8, 4) is 5.75 Å². The van der Waals surface area contributed by atoms with Gasteiger partial charge in [0.2, 0.25) is 0 Å². The Hall–Kier alpha value is -2.05. The summed E-state index contributed by atoms with van der Waals surface area (Å²) in [5.74, 6) is -1.02. The molecule has 0 heterocycles. The van der Waals surface area contributed by atoms with Gasteiger partial charge in [0.05, 0.1) is 5.02 Å². The molecule has 8 heteroatoms. The number of allylic oxidation sites excluding steroid dienone is 2. The smallest absolute Gasteiger partial charge is 0.344 e. The van der Waals surface area contributed by atoms with Gasteiger partial charge in [-0.15, -0.1) is 0 Å². The fourth-order valence-corrected chi connectivity index (χ4v) is 4.96. The lowest BCUT2D eigenvalue weighted by atomic mass is 9.69.